The van der Waals surface area contributed by atoms with Crippen molar-refractivity contribution in [1.82, 2.24) is 9.80 Å². The summed E-state index contributed by atoms with van der Waals surface area (Å²) < 4.78 is 4.92. The highest BCUT2D eigenvalue weighted by molar-refractivity contribution is 6.45. The summed E-state index contributed by atoms with van der Waals surface area (Å²) in [5, 5.41) is 0. The Morgan fingerprint density at radius 2 is 1.73 bits per heavy atom. The predicted molar refractivity (Wildman–Crippen MR) is 94.2 cm³/mol. The minimum atomic E-state index is -0.951. The van der Waals surface area contributed by atoms with Crippen LogP contribution < -0.4 is 10.6 Å². The first-order valence-electron chi connectivity index (χ1n) is 8.26. The van der Waals surface area contributed by atoms with Crippen LogP contribution in [0.3, 0.4) is 0 Å². The molecule has 2 rings (SSSR count). The molecule has 9 heteroatoms. The van der Waals surface area contributed by atoms with Crippen molar-refractivity contribution in [2.45, 2.75) is 13.8 Å². The second kappa shape index (κ2) is 8.32. The summed E-state index contributed by atoms with van der Waals surface area (Å²) in [5.74, 6) is -2.34. The molecule has 1 heterocycles. The zero-order valence-corrected chi connectivity index (χ0v) is 14.8. The zero-order chi connectivity index (χ0) is 19.3. The molecule has 9 nitrogen and oxygen atoms in total. The molecular formula is C17H22N4O5. The smallest absolute Gasteiger partial charge is 0.409 e. The van der Waals surface area contributed by atoms with Crippen LogP contribution in [0.15, 0.2) is 24.3 Å². The van der Waals surface area contributed by atoms with Gasteiger partial charge in [0.2, 0.25) is 5.91 Å². The first-order chi connectivity index (χ1) is 12.3. The molecule has 4 amide bonds. The van der Waals surface area contributed by atoms with E-state index in [0.717, 1.165) is 4.90 Å². The van der Waals surface area contributed by atoms with Crippen LogP contribution in [0.4, 0.5) is 16.2 Å². The van der Waals surface area contributed by atoms with Gasteiger partial charge in [-0.05, 0) is 25.1 Å². The van der Waals surface area contributed by atoms with Crippen LogP contribution >= 0.6 is 0 Å². The van der Waals surface area contributed by atoms with Gasteiger partial charge >= 0.3 is 17.9 Å². The molecule has 1 aromatic carbocycles. The molecule has 140 valence electrons. The predicted octanol–water partition coefficient (Wildman–Crippen LogP) is 0.449. The standard InChI is InChI=1S/C17H22N4O5/c1-3-26-17(25)20-9-7-19(8-10-20)15(23)16(24)21(12(2)22)14-6-4-5-13(18)11-14/h4-6,11H,3,7-10,18H2,1-2H3. The molecule has 0 atom stereocenters. The normalized spacial score (nSPS) is 13.9. The third-order valence-electron chi connectivity index (χ3n) is 3.92. The van der Waals surface area contributed by atoms with Crippen LogP contribution in [-0.4, -0.2) is 66.4 Å². The highest BCUT2D eigenvalue weighted by atomic mass is 16.6. The SMILES string of the molecule is CCOC(=O)N1CCN(C(=O)C(=O)N(C(C)=O)c2cccc(N)c2)CC1. The van der Waals surface area contributed by atoms with Crippen molar-refractivity contribution >= 4 is 35.2 Å². The van der Waals surface area contributed by atoms with E-state index in [-0.39, 0.29) is 38.5 Å². The van der Waals surface area contributed by atoms with Gasteiger partial charge in [-0.15, -0.1) is 0 Å². The number of piperazine rings is 1. The van der Waals surface area contributed by atoms with E-state index in [4.69, 9.17) is 10.5 Å². The van der Waals surface area contributed by atoms with E-state index in [9.17, 15) is 19.2 Å². The summed E-state index contributed by atoms with van der Waals surface area (Å²) in [5.41, 5.74) is 6.30. The summed E-state index contributed by atoms with van der Waals surface area (Å²) in [7, 11) is 0. The van der Waals surface area contributed by atoms with Crippen LogP contribution in [0.5, 0.6) is 0 Å². The highest BCUT2D eigenvalue weighted by Crippen LogP contribution is 2.19. The summed E-state index contributed by atoms with van der Waals surface area (Å²) in [6, 6.07) is 6.19. The Morgan fingerprint density at radius 3 is 2.27 bits per heavy atom. The molecule has 0 bridgehead atoms. The van der Waals surface area contributed by atoms with Crippen molar-refractivity contribution in [1.29, 1.82) is 0 Å². The average Bonchev–Trinajstić information content (AvgIpc) is 2.61. The minimum absolute atomic E-state index is 0.187. The van der Waals surface area contributed by atoms with E-state index in [1.54, 1.807) is 19.1 Å². The molecule has 26 heavy (non-hydrogen) atoms. The maximum absolute atomic E-state index is 12.6. The van der Waals surface area contributed by atoms with Crippen LogP contribution in [0, 0.1) is 0 Å². The molecule has 1 saturated heterocycles. The third kappa shape index (κ3) is 4.29. The zero-order valence-electron chi connectivity index (χ0n) is 14.8. The molecule has 1 aromatic rings. The molecule has 1 aliphatic rings. The van der Waals surface area contributed by atoms with Crippen LogP contribution in [-0.2, 0) is 19.1 Å². The van der Waals surface area contributed by atoms with Gasteiger partial charge in [-0.1, -0.05) is 6.07 Å². The number of nitrogens with two attached hydrogens (primary N) is 1. The topological polar surface area (TPSA) is 113 Å². The largest absolute Gasteiger partial charge is 0.450 e. The lowest BCUT2D eigenvalue weighted by molar-refractivity contribution is -0.146. The fourth-order valence-electron chi connectivity index (χ4n) is 2.64. The number of amides is 4. The lowest BCUT2D eigenvalue weighted by atomic mass is 10.2. The summed E-state index contributed by atoms with van der Waals surface area (Å²) in [6.45, 7) is 4.07. The van der Waals surface area contributed by atoms with Gasteiger partial charge in [0.25, 0.3) is 0 Å². The number of hydrogen-bond acceptors (Lipinski definition) is 6. The molecule has 1 aliphatic heterocycles. The number of nitrogens with zero attached hydrogens (tertiary/aromatic N) is 3. The Balaban J connectivity index is 2.07. The Labute approximate surface area is 151 Å². The first-order valence-corrected chi connectivity index (χ1v) is 8.26. The van der Waals surface area contributed by atoms with Crippen LogP contribution in [0.25, 0.3) is 0 Å². The van der Waals surface area contributed by atoms with Gasteiger partial charge in [0.15, 0.2) is 0 Å². The molecule has 0 aromatic heterocycles. The van der Waals surface area contributed by atoms with E-state index in [2.05, 4.69) is 0 Å². The van der Waals surface area contributed by atoms with Gasteiger partial charge < -0.3 is 20.3 Å². The minimum Gasteiger partial charge on any atom is -0.450 e. The van der Waals surface area contributed by atoms with Gasteiger partial charge in [0, 0.05) is 38.8 Å². The average molecular weight is 362 g/mol. The highest BCUT2D eigenvalue weighted by Gasteiger charge is 2.33. The number of rotatable bonds is 2. The number of imide groups is 1. The number of anilines is 2. The van der Waals surface area contributed by atoms with E-state index in [0.29, 0.717) is 5.69 Å². The van der Waals surface area contributed by atoms with Crippen molar-refractivity contribution in [3.8, 4) is 0 Å². The van der Waals surface area contributed by atoms with Crippen LogP contribution in [0.1, 0.15) is 13.8 Å². The number of nitrogen functional groups attached to an aromatic ring is 1. The van der Waals surface area contributed by atoms with Crippen molar-refractivity contribution < 1.29 is 23.9 Å². The molecule has 0 saturated carbocycles. The molecular weight excluding hydrogens is 340 g/mol. The number of carbonyl (C=O) groups is 4. The summed E-state index contributed by atoms with van der Waals surface area (Å²) in [4.78, 5) is 52.3. The maximum atomic E-state index is 12.6. The van der Waals surface area contributed by atoms with E-state index in [1.807, 2.05) is 0 Å². The Kier molecular flexibility index (Phi) is 6.16. The Morgan fingerprint density at radius 1 is 1.12 bits per heavy atom. The van der Waals surface area contributed by atoms with E-state index < -0.39 is 23.8 Å². The second-order valence-corrected chi connectivity index (χ2v) is 5.73. The van der Waals surface area contributed by atoms with Gasteiger partial charge in [-0.3, -0.25) is 14.4 Å². The fourth-order valence-corrected chi connectivity index (χ4v) is 2.64. The maximum Gasteiger partial charge on any atom is 0.409 e. The van der Waals surface area contributed by atoms with Crippen molar-refractivity contribution in [2.75, 3.05) is 43.4 Å². The molecule has 0 radical (unpaired) electrons. The molecule has 0 unspecified atom stereocenters. The number of ether oxygens (including phenoxy) is 1. The lowest BCUT2D eigenvalue weighted by Gasteiger charge is -2.34. The molecule has 0 spiro atoms. The summed E-state index contributed by atoms with van der Waals surface area (Å²) in [6.07, 6.45) is -0.448. The van der Waals surface area contributed by atoms with Crippen molar-refractivity contribution in [2.24, 2.45) is 0 Å². The Hall–Kier alpha value is -3.10. The van der Waals surface area contributed by atoms with Gasteiger partial charge in [0.1, 0.15) is 0 Å². The van der Waals surface area contributed by atoms with Crippen molar-refractivity contribution in [3.05, 3.63) is 24.3 Å². The van der Waals surface area contributed by atoms with Crippen molar-refractivity contribution in [3.63, 3.8) is 0 Å². The van der Waals surface area contributed by atoms with Gasteiger partial charge in [-0.25, -0.2) is 9.69 Å². The second-order valence-electron chi connectivity index (χ2n) is 5.73. The quantitative estimate of drug-likeness (QED) is 0.604. The van der Waals surface area contributed by atoms with Gasteiger partial charge in [0.05, 0.1) is 12.3 Å². The fraction of sp³-hybridized carbons (Fsp3) is 0.412. The molecule has 1 fully saturated rings. The molecule has 0 aliphatic carbocycles. The van der Waals surface area contributed by atoms with Gasteiger partial charge in [-0.2, -0.15) is 0 Å². The van der Waals surface area contributed by atoms with E-state index >= 15 is 0 Å². The monoisotopic (exact) mass is 362 g/mol. The van der Waals surface area contributed by atoms with Crippen LogP contribution in [0.2, 0.25) is 0 Å². The Bertz CT molecular complexity index is 713. The number of carbonyl (C=O) groups excluding carboxylic acids is 4. The van der Waals surface area contributed by atoms with E-state index in [1.165, 1.54) is 28.9 Å². The lowest BCUT2D eigenvalue weighted by Crippen LogP contribution is -2.55. The number of benzene rings is 1. The summed E-state index contributed by atoms with van der Waals surface area (Å²) >= 11 is 0. The molecule has 2 N–H and O–H groups in total. The number of hydrogen-bond donors (Lipinski definition) is 1. The third-order valence-corrected chi connectivity index (χ3v) is 3.92. The first kappa shape index (κ1) is 19.2.